The summed E-state index contributed by atoms with van der Waals surface area (Å²) in [7, 11) is 0. The Labute approximate surface area is 131 Å². The van der Waals surface area contributed by atoms with Crippen LogP contribution in [0.4, 0.5) is 0 Å². The highest BCUT2D eigenvalue weighted by atomic mass is 16.3. The van der Waals surface area contributed by atoms with Gasteiger partial charge in [0.25, 0.3) is 0 Å². The molecule has 0 aliphatic heterocycles. The van der Waals surface area contributed by atoms with Gasteiger partial charge in [-0.2, -0.15) is 0 Å². The van der Waals surface area contributed by atoms with Gasteiger partial charge in [0, 0.05) is 16.9 Å². The first kappa shape index (κ1) is 15.8. The molecule has 1 aromatic heterocycles. The third-order valence-corrected chi connectivity index (χ3v) is 3.48. The van der Waals surface area contributed by atoms with E-state index in [4.69, 9.17) is 0 Å². The van der Waals surface area contributed by atoms with Crippen LogP contribution in [-0.4, -0.2) is 14.7 Å². The van der Waals surface area contributed by atoms with Gasteiger partial charge in [-0.15, -0.1) is 0 Å². The molecule has 114 valence electrons. The normalized spacial score (nSPS) is 10.0. The molecule has 0 unspecified atom stereocenters. The van der Waals surface area contributed by atoms with E-state index in [1.807, 2.05) is 51.1 Å². The zero-order chi connectivity index (χ0) is 16.1. The van der Waals surface area contributed by atoms with Gasteiger partial charge in [-0.3, -0.25) is 4.57 Å². The average molecular weight is 294 g/mol. The van der Waals surface area contributed by atoms with Crippen molar-refractivity contribution in [3.63, 3.8) is 0 Å². The molecular formula is C19H22N2O. The summed E-state index contributed by atoms with van der Waals surface area (Å²) in [6, 6.07) is 17.3. The molecule has 0 radical (unpaired) electrons. The molecule has 3 rings (SSSR count). The second kappa shape index (κ2) is 6.94. The van der Waals surface area contributed by atoms with E-state index in [0.717, 1.165) is 28.5 Å². The summed E-state index contributed by atoms with van der Waals surface area (Å²) in [6.45, 7) is 8.07. The van der Waals surface area contributed by atoms with Crippen LogP contribution in [-0.2, 0) is 0 Å². The molecule has 3 nitrogen and oxygen atoms in total. The highest BCUT2D eigenvalue weighted by Gasteiger charge is 2.14. The molecule has 1 heterocycles. The van der Waals surface area contributed by atoms with Crippen LogP contribution in [0.25, 0.3) is 17.1 Å². The minimum atomic E-state index is 0.268. The van der Waals surface area contributed by atoms with E-state index in [1.165, 1.54) is 0 Å². The summed E-state index contributed by atoms with van der Waals surface area (Å²) in [4.78, 5) is 4.68. The van der Waals surface area contributed by atoms with Crippen LogP contribution in [0.5, 0.6) is 5.75 Å². The van der Waals surface area contributed by atoms with Crippen LogP contribution >= 0.6 is 0 Å². The zero-order valence-corrected chi connectivity index (χ0v) is 13.5. The number of benzene rings is 2. The SMILES string of the molecule is CC.Cc1nc(-c2ccccc2)n(-c2ccc(O)cc2)c1C. The second-order valence-electron chi connectivity index (χ2n) is 4.82. The zero-order valence-electron chi connectivity index (χ0n) is 13.5. The number of imidazole rings is 1. The first-order valence-electron chi connectivity index (χ1n) is 7.57. The fourth-order valence-electron chi connectivity index (χ4n) is 2.31. The molecule has 2 aromatic carbocycles. The van der Waals surface area contributed by atoms with Crippen molar-refractivity contribution in [3.8, 4) is 22.8 Å². The van der Waals surface area contributed by atoms with E-state index < -0.39 is 0 Å². The van der Waals surface area contributed by atoms with Crippen LogP contribution < -0.4 is 0 Å². The van der Waals surface area contributed by atoms with Crippen molar-refractivity contribution in [2.24, 2.45) is 0 Å². The Morgan fingerprint density at radius 2 is 1.45 bits per heavy atom. The number of hydrogen-bond donors (Lipinski definition) is 1. The predicted octanol–water partition coefficient (Wildman–Crippen LogP) is 4.89. The summed E-state index contributed by atoms with van der Waals surface area (Å²) in [6.07, 6.45) is 0. The molecule has 0 atom stereocenters. The molecule has 3 aromatic rings. The van der Waals surface area contributed by atoms with Crippen molar-refractivity contribution in [1.29, 1.82) is 0 Å². The molecule has 1 N–H and O–H groups in total. The molecule has 3 heteroatoms. The number of phenols is 1. The average Bonchev–Trinajstić information content (AvgIpc) is 2.87. The first-order chi connectivity index (χ1) is 10.7. The Hall–Kier alpha value is -2.55. The largest absolute Gasteiger partial charge is 0.508 e. The molecule has 22 heavy (non-hydrogen) atoms. The van der Waals surface area contributed by atoms with E-state index >= 15 is 0 Å². The van der Waals surface area contributed by atoms with Crippen LogP contribution in [0.3, 0.4) is 0 Å². The van der Waals surface area contributed by atoms with Crippen LogP contribution in [0.1, 0.15) is 25.2 Å². The molecule has 0 saturated carbocycles. The van der Waals surface area contributed by atoms with Crippen LogP contribution in [0.2, 0.25) is 0 Å². The molecule has 0 bridgehead atoms. The highest BCUT2D eigenvalue weighted by molar-refractivity contribution is 5.60. The lowest BCUT2D eigenvalue weighted by atomic mass is 10.2. The summed E-state index contributed by atoms with van der Waals surface area (Å²) >= 11 is 0. The molecular weight excluding hydrogens is 272 g/mol. The number of aromatic nitrogens is 2. The second-order valence-corrected chi connectivity index (χ2v) is 4.82. The number of hydrogen-bond acceptors (Lipinski definition) is 2. The number of phenolic OH excluding ortho intramolecular Hbond substituents is 1. The molecule has 0 amide bonds. The maximum absolute atomic E-state index is 9.44. The van der Waals surface area contributed by atoms with Gasteiger partial charge in [0.2, 0.25) is 0 Å². The Balaban J connectivity index is 0.000000847. The molecule has 0 aliphatic carbocycles. The minimum Gasteiger partial charge on any atom is -0.508 e. The highest BCUT2D eigenvalue weighted by Crippen LogP contribution is 2.26. The molecule has 0 spiro atoms. The van der Waals surface area contributed by atoms with E-state index in [0.29, 0.717) is 0 Å². The van der Waals surface area contributed by atoms with Crippen LogP contribution in [0.15, 0.2) is 54.6 Å². The monoisotopic (exact) mass is 294 g/mol. The topological polar surface area (TPSA) is 38.0 Å². The fraction of sp³-hybridized carbons (Fsp3) is 0.211. The summed E-state index contributed by atoms with van der Waals surface area (Å²) in [5.41, 5.74) is 4.20. The van der Waals surface area contributed by atoms with E-state index in [-0.39, 0.29) is 5.75 Å². The summed E-state index contributed by atoms with van der Waals surface area (Å²) in [5.74, 6) is 1.19. The van der Waals surface area contributed by atoms with Gasteiger partial charge in [-0.1, -0.05) is 44.2 Å². The summed E-state index contributed by atoms with van der Waals surface area (Å²) < 4.78 is 2.12. The number of rotatable bonds is 2. The van der Waals surface area contributed by atoms with Crippen molar-refractivity contribution in [2.45, 2.75) is 27.7 Å². The maximum Gasteiger partial charge on any atom is 0.145 e. The van der Waals surface area contributed by atoms with Crippen molar-refractivity contribution in [1.82, 2.24) is 9.55 Å². The smallest absolute Gasteiger partial charge is 0.145 e. The maximum atomic E-state index is 9.44. The fourth-order valence-corrected chi connectivity index (χ4v) is 2.31. The van der Waals surface area contributed by atoms with Crippen molar-refractivity contribution in [3.05, 3.63) is 66.0 Å². The molecule has 0 aliphatic rings. The van der Waals surface area contributed by atoms with Gasteiger partial charge in [0.15, 0.2) is 0 Å². The van der Waals surface area contributed by atoms with E-state index in [1.54, 1.807) is 12.1 Å². The lowest BCUT2D eigenvalue weighted by Crippen LogP contribution is -1.99. The molecule has 0 saturated heterocycles. The Morgan fingerprint density at radius 3 is 2.05 bits per heavy atom. The van der Waals surface area contributed by atoms with E-state index in [9.17, 15) is 5.11 Å². The van der Waals surface area contributed by atoms with Gasteiger partial charge in [-0.05, 0) is 38.1 Å². The number of aromatic hydroxyl groups is 1. The quantitative estimate of drug-likeness (QED) is 0.731. The summed E-state index contributed by atoms with van der Waals surface area (Å²) in [5, 5.41) is 9.44. The standard InChI is InChI=1S/C17H16N2O.C2H6/c1-12-13(2)19(15-8-10-16(20)11-9-15)17(18-12)14-6-4-3-5-7-14;1-2/h3-11,20H,1-2H3;1-2H3. The van der Waals surface area contributed by atoms with Crippen molar-refractivity contribution < 1.29 is 5.11 Å². The third kappa shape index (κ3) is 3.03. The van der Waals surface area contributed by atoms with Gasteiger partial charge >= 0.3 is 0 Å². The first-order valence-corrected chi connectivity index (χ1v) is 7.57. The predicted molar refractivity (Wildman–Crippen MR) is 91.5 cm³/mol. The van der Waals surface area contributed by atoms with Gasteiger partial charge in [0.05, 0.1) is 5.69 Å². The van der Waals surface area contributed by atoms with E-state index in [2.05, 4.69) is 28.6 Å². The van der Waals surface area contributed by atoms with Crippen LogP contribution in [0, 0.1) is 13.8 Å². The number of nitrogens with zero attached hydrogens (tertiary/aromatic N) is 2. The third-order valence-electron chi connectivity index (χ3n) is 3.48. The van der Waals surface area contributed by atoms with Gasteiger partial charge < -0.3 is 5.11 Å². The number of aryl methyl sites for hydroxylation is 1. The van der Waals surface area contributed by atoms with Gasteiger partial charge in [-0.25, -0.2) is 4.98 Å². The van der Waals surface area contributed by atoms with Gasteiger partial charge in [0.1, 0.15) is 11.6 Å². The lowest BCUT2D eigenvalue weighted by molar-refractivity contribution is 0.475. The Bertz CT molecular complexity index is 728. The Morgan fingerprint density at radius 1 is 0.864 bits per heavy atom. The molecule has 0 fully saturated rings. The van der Waals surface area contributed by atoms with Crippen molar-refractivity contribution in [2.75, 3.05) is 0 Å². The Kier molecular flexibility index (Phi) is 4.99. The lowest BCUT2D eigenvalue weighted by Gasteiger charge is -2.10. The minimum absolute atomic E-state index is 0.268. The van der Waals surface area contributed by atoms with Crippen molar-refractivity contribution >= 4 is 0 Å².